The number of hydrogen-bond donors (Lipinski definition) is 1. The van der Waals surface area contributed by atoms with Crippen molar-refractivity contribution in [1.29, 1.82) is 0 Å². The Hall–Kier alpha value is -0.630. The van der Waals surface area contributed by atoms with Gasteiger partial charge in [0.1, 0.15) is 5.25 Å². The first-order chi connectivity index (χ1) is 8.36. The smallest absolute Gasteiger partial charge is 0.242 e. The molecule has 0 radical (unpaired) electrons. The van der Waals surface area contributed by atoms with Crippen molar-refractivity contribution in [2.45, 2.75) is 25.5 Å². The van der Waals surface area contributed by atoms with E-state index in [-0.39, 0.29) is 5.75 Å². The maximum absolute atomic E-state index is 11.8. The topological polar surface area (TPSA) is 63.2 Å². The molecular weight excluding hydrogens is 365 g/mol. The largest absolute Gasteiger partial charge is 0.325 e. The van der Waals surface area contributed by atoms with Crippen molar-refractivity contribution in [2.24, 2.45) is 0 Å². The number of amides is 1. The fourth-order valence-corrected chi connectivity index (χ4v) is 3.07. The second-order valence-corrected chi connectivity index (χ2v) is 7.69. The van der Waals surface area contributed by atoms with Gasteiger partial charge in [0.15, 0.2) is 9.84 Å². The normalized spacial score (nSPS) is 13.1. The highest BCUT2D eigenvalue weighted by Crippen LogP contribution is 2.13. The molecule has 0 bridgehead atoms. The first kappa shape index (κ1) is 15.4. The molecule has 6 heteroatoms. The Morgan fingerprint density at radius 2 is 1.89 bits per heavy atom. The predicted molar refractivity (Wildman–Crippen MR) is 81.3 cm³/mol. The van der Waals surface area contributed by atoms with Crippen molar-refractivity contribution in [2.75, 3.05) is 11.1 Å². The number of rotatable bonds is 5. The number of carbonyl (C=O) groups is 1. The van der Waals surface area contributed by atoms with Crippen LogP contribution in [0.5, 0.6) is 0 Å². The molecule has 1 unspecified atom stereocenters. The zero-order valence-corrected chi connectivity index (χ0v) is 13.3. The molecule has 4 nitrogen and oxygen atoms in total. The molecule has 0 saturated heterocycles. The van der Waals surface area contributed by atoms with Crippen LogP contribution in [0.3, 0.4) is 0 Å². The number of carbonyl (C=O) groups excluding carboxylic acids is 1. The fourth-order valence-electron chi connectivity index (χ4n) is 1.40. The molecule has 100 valence electrons. The van der Waals surface area contributed by atoms with Crippen LogP contribution in [0.4, 0.5) is 5.69 Å². The Morgan fingerprint density at radius 3 is 2.39 bits per heavy atom. The van der Waals surface area contributed by atoms with Crippen LogP contribution in [0.15, 0.2) is 24.3 Å². The Labute approximate surface area is 121 Å². The summed E-state index contributed by atoms with van der Waals surface area (Å²) >= 11 is 2.16. The molecule has 0 fully saturated rings. The quantitative estimate of drug-likeness (QED) is 0.797. The molecule has 0 saturated carbocycles. The van der Waals surface area contributed by atoms with Gasteiger partial charge in [0.25, 0.3) is 0 Å². The lowest BCUT2D eigenvalue weighted by Gasteiger charge is -2.12. The summed E-state index contributed by atoms with van der Waals surface area (Å²) in [5.74, 6) is -0.446. The summed E-state index contributed by atoms with van der Waals surface area (Å²) in [7, 11) is -3.35. The average Bonchev–Trinajstić information content (AvgIpc) is 2.31. The lowest BCUT2D eigenvalue weighted by molar-refractivity contribution is -0.115. The van der Waals surface area contributed by atoms with Crippen LogP contribution in [0.2, 0.25) is 0 Å². The molecule has 0 aliphatic rings. The van der Waals surface area contributed by atoms with Crippen LogP contribution < -0.4 is 5.32 Å². The molecule has 0 heterocycles. The summed E-state index contributed by atoms with van der Waals surface area (Å²) in [6, 6.07) is 7.19. The number of benzene rings is 1. The summed E-state index contributed by atoms with van der Waals surface area (Å²) in [4.78, 5) is 11.8. The Balaban J connectivity index is 2.74. The molecule has 1 aromatic rings. The highest BCUT2D eigenvalue weighted by molar-refractivity contribution is 14.1. The van der Waals surface area contributed by atoms with Crippen molar-refractivity contribution in [3.8, 4) is 0 Å². The van der Waals surface area contributed by atoms with E-state index in [0.717, 1.165) is 3.57 Å². The van der Waals surface area contributed by atoms with E-state index in [1.165, 1.54) is 6.92 Å². The van der Waals surface area contributed by atoms with E-state index < -0.39 is 21.0 Å². The Bertz CT molecular complexity index is 511. The van der Waals surface area contributed by atoms with Crippen LogP contribution in [0.1, 0.15) is 20.3 Å². The maximum Gasteiger partial charge on any atom is 0.242 e. The van der Waals surface area contributed by atoms with Gasteiger partial charge in [0.2, 0.25) is 5.91 Å². The number of anilines is 1. The first-order valence-electron chi connectivity index (χ1n) is 5.65. The highest BCUT2D eigenvalue weighted by Gasteiger charge is 2.26. The van der Waals surface area contributed by atoms with Gasteiger partial charge in [0.05, 0.1) is 5.75 Å². The van der Waals surface area contributed by atoms with Crippen molar-refractivity contribution in [3.05, 3.63) is 27.8 Å². The highest BCUT2D eigenvalue weighted by atomic mass is 127. The minimum absolute atomic E-state index is 0.0360. The number of hydrogen-bond acceptors (Lipinski definition) is 3. The monoisotopic (exact) mass is 381 g/mol. The van der Waals surface area contributed by atoms with Gasteiger partial charge in [-0.15, -0.1) is 0 Å². The van der Waals surface area contributed by atoms with Crippen LogP contribution in [0.25, 0.3) is 0 Å². The Morgan fingerprint density at radius 1 is 1.33 bits per heavy atom. The second-order valence-electron chi connectivity index (χ2n) is 4.01. The molecule has 0 aliphatic carbocycles. The number of halogens is 1. The molecule has 1 amide bonds. The van der Waals surface area contributed by atoms with Gasteiger partial charge in [-0.25, -0.2) is 8.42 Å². The third-order valence-electron chi connectivity index (χ3n) is 2.51. The molecule has 1 aromatic carbocycles. The summed E-state index contributed by atoms with van der Waals surface area (Å²) in [5, 5.41) is 1.60. The summed E-state index contributed by atoms with van der Waals surface area (Å²) in [6.07, 6.45) is 0.517. The van der Waals surface area contributed by atoms with E-state index in [1.807, 2.05) is 12.1 Å². The molecule has 0 aromatic heterocycles. The van der Waals surface area contributed by atoms with Crippen molar-refractivity contribution in [1.82, 2.24) is 0 Å². The second kappa shape index (κ2) is 6.51. The van der Waals surface area contributed by atoms with E-state index in [9.17, 15) is 13.2 Å². The third kappa shape index (κ3) is 4.24. The van der Waals surface area contributed by atoms with Crippen molar-refractivity contribution >= 4 is 44.0 Å². The standard InChI is InChI=1S/C12H16INO3S/c1-3-8-18(16,17)9(2)12(15)14-11-6-4-10(13)5-7-11/h4-7,9H,3,8H2,1-2H3,(H,14,15). The van der Waals surface area contributed by atoms with Crippen LogP contribution in [-0.4, -0.2) is 25.3 Å². The summed E-state index contributed by atoms with van der Waals surface area (Å²) < 4.78 is 24.6. The molecule has 1 atom stereocenters. The van der Waals surface area contributed by atoms with E-state index >= 15 is 0 Å². The average molecular weight is 381 g/mol. The maximum atomic E-state index is 11.8. The summed E-state index contributed by atoms with van der Waals surface area (Å²) in [6.45, 7) is 3.20. The number of nitrogens with one attached hydrogen (secondary N) is 1. The molecule has 18 heavy (non-hydrogen) atoms. The van der Waals surface area contributed by atoms with E-state index in [2.05, 4.69) is 27.9 Å². The first-order valence-corrected chi connectivity index (χ1v) is 8.44. The van der Waals surface area contributed by atoms with Crippen LogP contribution in [-0.2, 0) is 14.6 Å². The van der Waals surface area contributed by atoms with Gasteiger partial charge in [-0.2, -0.15) is 0 Å². The van der Waals surface area contributed by atoms with Gasteiger partial charge in [-0.3, -0.25) is 4.79 Å². The van der Waals surface area contributed by atoms with Crippen LogP contribution in [0, 0.1) is 3.57 Å². The number of sulfone groups is 1. The molecule has 0 spiro atoms. The van der Waals surface area contributed by atoms with Gasteiger partial charge in [-0.05, 0) is 60.2 Å². The van der Waals surface area contributed by atoms with Gasteiger partial charge in [0, 0.05) is 9.26 Å². The molecule has 1 N–H and O–H groups in total. The van der Waals surface area contributed by atoms with E-state index in [0.29, 0.717) is 12.1 Å². The van der Waals surface area contributed by atoms with Gasteiger partial charge >= 0.3 is 0 Å². The van der Waals surface area contributed by atoms with Crippen molar-refractivity contribution in [3.63, 3.8) is 0 Å². The zero-order chi connectivity index (χ0) is 13.8. The van der Waals surface area contributed by atoms with E-state index in [4.69, 9.17) is 0 Å². The van der Waals surface area contributed by atoms with Crippen molar-refractivity contribution < 1.29 is 13.2 Å². The summed E-state index contributed by atoms with van der Waals surface area (Å²) in [5.41, 5.74) is 0.610. The van der Waals surface area contributed by atoms with Gasteiger partial charge in [-0.1, -0.05) is 6.92 Å². The molecular formula is C12H16INO3S. The minimum atomic E-state index is -3.35. The molecule has 0 aliphatic heterocycles. The SMILES string of the molecule is CCCS(=O)(=O)C(C)C(=O)Nc1ccc(I)cc1. The molecule has 1 rings (SSSR count). The van der Waals surface area contributed by atoms with E-state index in [1.54, 1.807) is 19.1 Å². The lowest BCUT2D eigenvalue weighted by Crippen LogP contribution is -2.34. The Kier molecular flexibility index (Phi) is 5.58. The lowest BCUT2D eigenvalue weighted by atomic mass is 10.3. The van der Waals surface area contributed by atoms with Gasteiger partial charge < -0.3 is 5.32 Å². The zero-order valence-electron chi connectivity index (χ0n) is 10.3. The van der Waals surface area contributed by atoms with Crippen LogP contribution >= 0.6 is 22.6 Å². The predicted octanol–water partition coefficient (Wildman–Crippen LogP) is 2.44. The fraction of sp³-hybridized carbons (Fsp3) is 0.417. The third-order valence-corrected chi connectivity index (χ3v) is 5.50. The minimum Gasteiger partial charge on any atom is -0.325 e.